The number of rotatable bonds is 3. The van der Waals surface area contributed by atoms with Crippen LogP contribution < -0.4 is 0 Å². The van der Waals surface area contributed by atoms with E-state index < -0.39 is 0 Å². The maximum Gasteiger partial charge on any atom is 0.0991 e. The van der Waals surface area contributed by atoms with Crippen LogP contribution in [0.15, 0.2) is 55.1 Å². The molecule has 0 atom stereocenters. The van der Waals surface area contributed by atoms with Gasteiger partial charge in [0.2, 0.25) is 0 Å². The molecule has 0 aliphatic carbocycles. The van der Waals surface area contributed by atoms with Crippen LogP contribution in [0.3, 0.4) is 0 Å². The molecule has 0 aromatic heterocycles. The molecule has 0 fully saturated rings. The van der Waals surface area contributed by atoms with E-state index in [1.54, 1.807) is 12.1 Å². The highest BCUT2D eigenvalue weighted by molar-refractivity contribution is 5.76. The molecule has 1 aromatic carbocycles. The zero-order valence-electron chi connectivity index (χ0n) is 8.83. The first-order chi connectivity index (χ1) is 7.17. The highest BCUT2D eigenvalue weighted by Gasteiger charge is 1.98. The van der Waals surface area contributed by atoms with Gasteiger partial charge in [-0.2, -0.15) is 5.26 Å². The molecule has 1 rings (SSSR count). The Balaban J connectivity index is 3.19. The van der Waals surface area contributed by atoms with Crippen LogP contribution in [0.25, 0.3) is 5.57 Å². The third kappa shape index (κ3) is 2.96. The molecule has 0 radical (unpaired) electrons. The number of benzene rings is 1. The molecular formula is C14H13N. The van der Waals surface area contributed by atoms with Crippen molar-refractivity contribution in [3.8, 4) is 6.07 Å². The topological polar surface area (TPSA) is 23.8 Å². The molecule has 15 heavy (non-hydrogen) atoms. The Morgan fingerprint density at radius 3 is 2.73 bits per heavy atom. The number of nitriles is 1. The summed E-state index contributed by atoms with van der Waals surface area (Å²) in [5.41, 5.74) is 3.60. The van der Waals surface area contributed by atoms with Crippen LogP contribution in [0.5, 0.6) is 0 Å². The van der Waals surface area contributed by atoms with E-state index in [1.165, 1.54) is 0 Å². The van der Waals surface area contributed by atoms with Crippen LogP contribution >= 0.6 is 0 Å². The summed E-state index contributed by atoms with van der Waals surface area (Å²) in [6.07, 6.45) is 3.72. The van der Waals surface area contributed by atoms with Crippen LogP contribution in [0, 0.1) is 11.3 Å². The molecule has 0 bridgehead atoms. The van der Waals surface area contributed by atoms with Gasteiger partial charge in [-0.15, -0.1) is 0 Å². The van der Waals surface area contributed by atoms with Crippen LogP contribution in [0.2, 0.25) is 0 Å². The van der Waals surface area contributed by atoms with Gasteiger partial charge in [0.15, 0.2) is 0 Å². The molecular weight excluding hydrogens is 182 g/mol. The Labute approximate surface area is 90.7 Å². The zero-order chi connectivity index (χ0) is 11.3. The molecule has 1 aromatic rings. The summed E-state index contributed by atoms with van der Waals surface area (Å²) in [4.78, 5) is 0. The standard InChI is InChI=1S/C14H13N/c1-4-13(8-11(2)3)14-7-5-6-12(9-14)10-15/h4-9H,1-2H2,3H3/b13-8+. The van der Waals surface area contributed by atoms with Gasteiger partial charge in [-0.05, 0) is 30.2 Å². The van der Waals surface area contributed by atoms with E-state index >= 15 is 0 Å². The van der Waals surface area contributed by atoms with Crippen LogP contribution in [-0.4, -0.2) is 0 Å². The van der Waals surface area contributed by atoms with E-state index in [4.69, 9.17) is 5.26 Å². The lowest BCUT2D eigenvalue weighted by molar-refractivity contribution is 1.47. The predicted molar refractivity (Wildman–Crippen MR) is 64.1 cm³/mol. The third-order valence-corrected chi connectivity index (χ3v) is 1.95. The zero-order valence-corrected chi connectivity index (χ0v) is 8.83. The van der Waals surface area contributed by atoms with Crippen LogP contribution in [0.1, 0.15) is 18.1 Å². The van der Waals surface area contributed by atoms with Crippen molar-refractivity contribution in [1.82, 2.24) is 0 Å². The molecule has 1 nitrogen and oxygen atoms in total. The van der Waals surface area contributed by atoms with Crippen molar-refractivity contribution in [2.45, 2.75) is 6.92 Å². The molecule has 0 unspecified atom stereocenters. The molecule has 0 saturated heterocycles. The maximum atomic E-state index is 8.79. The van der Waals surface area contributed by atoms with Gasteiger partial charge in [-0.3, -0.25) is 0 Å². The van der Waals surface area contributed by atoms with Gasteiger partial charge < -0.3 is 0 Å². The Morgan fingerprint density at radius 2 is 2.20 bits per heavy atom. The van der Waals surface area contributed by atoms with Crippen molar-refractivity contribution in [2.75, 3.05) is 0 Å². The maximum absolute atomic E-state index is 8.79. The van der Waals surface area contributed by atoms with E-state index in [2.05, 4.69) is 19.2 Å². The highest BCUT2D eigenvalue weighted by atomic mass is 14.2. The van der Waals surface area contributed by atoms with E-state index in [9.17, 15) is 0 Å². The van der Waals surface area contributed by atoms with Crippen molar-refractivity contribution in [3.63, 3.8) is 0 Å². The average Bonchev–Trinajstić information content (AvgIpc) is 2.25. The summed E-state index contributed by atoms with van der Waals surface area (Å²) in [5, 5.41) is 8.79. The van der Waals surface area contributed by atoms with E-state index in [-0.39, 0.29) is 0 Å². The number of nitrogens with zero attached hydrogens (tertiary/aromatic N) is 1. The van der Waals surface area contributed by atoms with Gasteiger partial charge in [0.05, 0.1) is 11.6 Å². The fraction of sp³-hybridized carbons (Fsp3) is 0.0714. The van der Waals surface area contributed by atoms with Crippen molar-refractivity contribution in [3.05, 3.63) is 66.3 Å². The molecule has 0 saturated carbocycles. The summed E-state index contributed by atoms with van der Waals surface area (Å²) >= 11 is 0. The first kappa shape index (κ1) is 11.0. The molecule has 0 heterocycles. The Bertz CT molecular complexity index is 458. The lowest BCUT2D eigenvalue weighted by atomic mass is 10.0. The fourth-order valence-electron chi connectivity index (χ4n) is 1.29. The fourth-order valence-corrected chi connectivity index (χ4v) is 1.29. The summed E-state index contributed by atoms with van der Waals surface area (Å²) in [5.74, 6) is 0. The lowest BCUT2D eigenvalue weighted by Gasteiger charge is -2.02. The molecule has 0 N–H and O–H groups in total. The summed E-state index contributed by atoms with van der Waals surface area (Å²) in [7, 11) is 0. The van der Waals surface area contributed by atoms with Gasteiger partial charge in [0, 0.05) is 0 Å². The third-order valence-electron chi connectivity index (χ3n) is 1.95. The normalized spacial score (nSPS) is 10.5. The number of allylic oxidation sites excluding steroid dienone is 4. The van der Waals surface area contributed by atoms with E-state index in [0.717, 1.165) is 16.7 Å². The Hall–Kier alpha value is -2.07. The summed E-state index contributed by atoms with van der Waals surface area (Å²) < 4.78 is 0. The molecule has 0 aliphatic rings. The summed E-state index contributed by atoms with van der Waals surface area (Å²) in [6.45, 7) is 9.50. The van der Waals surface area contributed by atoms with Crippen molar-refractivity contribution >= 4 is 5.57 Å². The smallest absolute Gasteiger partial charge is 0.0991 e. The largest absolute Gasteiger partial charge is 0.192 e. The van der Waals surface area contributed by atoms with Gasteiger partial charge in [-0.1, -0.05) is 43.0 Å². The van der Waals surface area contributed by atoms with E-state index in [0.29, 0.717) is 5.56 Å². The van der Waals surface area contributed by atoms with Crippen molar-refractivity contribution in [2.24, 2.45) is 0 Å². The van der Waals surface area contributed by atoms with Crippen molar-refractivity contribution in [1.29, 1.82) is 5.26 Å². The van der Waals surface area contributed by atoms with Gasteiger partial charge in [0.25, 0.3) is 0 Å². The van der Waals surface area contributed by atoms with E-state index in [1.807, 2.05) is 31.2 Å². The Kier molecular flexibility index (Phi) is 3.65. The summed E-state index contributed by atoms with van der Waals surface area (Å²) in [6, 6.07) is 9.56. The van der Waals surface area contributed by atoms with Crippen LogP contribution in [-0.2, 0) is 0 Å². The SMILES string of the molecule is C=C/C(=C\C(=C)C)c1cccc(C#N)c1. The second-order valence-corrected chi connectivity index (χ2v) is 3.34. The second kappa shape index (κ2) is 4.97. The Morgan fingerprint density at radius 1 is 1.47 bits per heavy atom. The monoisotopic (exact) mass is 195 g/mol. The average molecular weight is 195 g/mol. The molecule has 0 amide bonds. The number of hydrogen-bond acceptors (Lipinski definition) is 1. The lowest BCUT2D eigenvalue weighted by Crippen LogP contribution is -1.83. The number of hydrogen-bond donors (Lipinski definition) is 0. The quantitative estimate of drug-likeness (QED) is 0.674. The van der Waals surface area contributed by atoms with Gasteiger partial charge in [-0.25, -0.2) is 0 Å². The minimum atomic E-state index is 0.655. The highest BCUT2D eigenvalue weighted by Crippen LogP contribution is 2.18. The molecule has 1 heteroatoms. The predicted octanol–water partition coefficient (Wildman–Crippen LogP) is 3.70. The molecule has 0 spiro atoms. The van der Waals surface area contributed by atoms with Crippen molar-refractivity contribution < 1.29 is 0 Å². The minimum absolute atomic E-state index is 0.655. The molecule has 0 aliphatic heterocycles. The van der Waals surface area contributed by atoms with Gasteiger partial charge >= 0.3 is 0 Å². The minimum Gasteiger partial charge on any atom is -0.192 e. The first-order valence-corrected chi connectivity index (χ1v) is 4.67. The van der Waals surface area contributed by atoms with Gasteiger partial charge in [0.1, 0.15) is 0 Å². The molecule has 74 valence electrons. The second-order valence-electron chi connectivity index (χ2n) is 3.34. The first-order valence-electron chi connectivity index (χ1n) is 4.67. The van der Waals surface area contributed by atoms with Crippen LogP contribution in [0.4, 0.5) is 0 Å².